The molecule has 1 heterocycles. The van der Waals surface area contributed by atoms with Gasteiger partial charge in [-0.2, -0.15) is 21.0 Å². The molecule has 0 bridgehead atoms. The van der Waals surface area contributed by atoms with Crippen molar-refractivity contribution in [3.05, 3.63) is 34.5 Å². The van der Waals surface area contributed by atoms with Crippen molar-refractivity contribution < 1.29 is 13.2 Å². The molecular weight excluding hydrogens is 352 g/mol. The fraction of sp³-hybridized carbons (Fsp3) is 0.364. The van der Waals surface area contributed by atoms with Crippen LogP contribution in [0.1, 0.15) is 6.92 Å². The lowest BCUT2D eigenvalue weighted by Crippen LogP contribution is -2.29. The van der Waals surface area contributed by atoms with Gasteiger partial charge in [0.25, 0.3) is 5.91 Å². The third-order valence-corrected chi connectivity index (χ3v) is 5.57. The second-order valence-corrected chi connectivity index (χ2v) is 7.37. The molecular formula is C11H13BrN2O3S2. The number of nitrogens with zero attached hydrogens (tertiary/aromatic N) is 1. The fourth-order valence-electron chi connectivity index (χ4n) is 1.81. The van der Waals surface area contributed by atoms with Gasteiger partial charge < -0.3 is 0 Å². The van der Waals surface area contributed by atoms with Crippen molar-refractivity contribution in [2.45, 2.75) is 6.92 Å². The second kappa shape index (κ2) is 4.99. The predicted octanol–water partition coefficient (Wildman–Crippen LogP) is 1.33. The van der Waals surface area contributed by atoms with Crippen molar-refractivity contribution in [1.82, 2.24) is 9.03 Å². The number of allylic oxidation sites excluding steroid dienone is 5. The SMILES string of the molecule is CC1(CS)C=CC=C(N2CC(=O)NS2(=O)=O)C(Br)=C1. The summed E-state index contributed by atoms with van der Waals surface area (Å²) in [4.78, 5) is 11.3. The zero-order valence-corrected chi connectivity index (χ0v) is 13.4. The van der Waals surface area contributed by atoms with Crippen molar-refractivity contribution in [2.24, 2.45) is 5.41 Å². The number of halogens is 1. The number of hydrogen-bond acceptors (Lipinski definition) is 4. The monoisotopic (exact) mass is 364 g/mol. The minimum atomic E-state index is -3.79. The molecule has 104 valence electrons. The first kappa shape index (κ1) is 14.7. The number of nitrogens with one attached hydrogen (secondary N) is 1. The van der Waals surface area contributed by atoms with Crippen molar-refractivity contribution >= 4 is 44.7 Å². The van der Waals surface area contributed by atoms with E-state index in [0.717, 1.165) is 4.31 Å². The first-order chi connectivity index (χ1) is 8.77. The number of hydrogen-bond donors (Lipinski definition) is 2. The molecule has 1 aliphatic heterocycles. The van der Waals surface area contributed by atoms with E-state index in [-0.39, 0.29) is 12.0 Å². The first-order valence-electron chi connectivity index (χ1n) is 5.50. The fourth-order valence-corrected chi connectivity index (χ4v) is 4.16. The van der Waals surface area contributed by atoms with Gasteiger partial charge in [0.2, 0.25) is 0 Å². The summed E-state index contributed by atoms with van der Waals surface area (Å²) in [5.41, 5.74) is 0.154. The molecule has 5 nitrogen and oxygen atoms in total. The van der Waals surface area contributed by atoms with E-state index in [1.165, 1.54) is 0 Å². The summed E-state index contributed by atoms with van der Waals surface area (Å²) >= 11 is 7.66. The molecule has 1 N–H and O–H groups in total. The molecule has 0 radical (unpaired) electrons. The number of thiol groups is 1. The Morgan fingerprint density at radius 1 is 1.58 bits per heavy atom. The topological polar surface area (TPSA) is 66.5 Å². The third kappa shape index (κ3) is 2.90. The van der Waals surface area contributed by atoms with Crippen LogP contribution in [0.5, 0.6) is 0 Å². The Kier molecular flexibility index (Phi) is 3.85. The molecule has 1 fully saturated rings. The Labute approximate surface area is 126 Å². The van der Waals surface area contributed by atoms with Crippen LogP contribution in [0, 0.1) is 5.41 Å². The van der Waals surface area contributed by atoms with Crippen LogP contribution in [0.3, 0.4) is 0 Å². The van der Waals surface area contributed by atoms with Crippen LogP contribution in [0.25, 0.3) is 0 Å². The minimum Gasteiger partial charge on any atom is -0.272 e. The summed E-state index contributed by atoms with van der Waals surface area (Å²) in [6, 6.07) is 0. The van der Waals surface area contributed by atoms with Crippen LogP contribution in [0.15, 0.2) is 34.5 Å². The van der Waals surface area contributed by atoms with Crippen molar-refractivity contribution in [2.75, 3.05) is 12.3 Å². The lowest BCUT2D eigenvalue weighted by Gasteiger charge is -2.21. The summed E-state index contributed by atoms with van der Waals surface area (Å²) in [5, 5.41) is 0. The van der Waals surface area contributed by atoms with Crippen LogP contribution in [0.4, 0.5) is 0 Å². The summed E-state index contributed by atoms with van der Waals surface area (Å²) < 4.78 is 27.3. The molecule has 1 amide bonds. The van der Waals surface area contributed by atoms with E-state index in [2.05, 4.69) is 28.6 Å². The van der Waals surface area contributed by atoms with Crippen molar-refractivity contribution in [3.8, 4) is 0 Å². The highest BCUT2D eigenvalue weighted by Crippen LogP contribution is 2.34. The smallest absolute Gasteiger partial charge is 0.272 e. The van der Waals surface area contributed by atoms with Crippen LogP contribution in [-0.4, -0.2) is 30.9 Å². The van der Waals surface area contributed by atoms with Gasteiger partial charge in [0.15, 0.2) is 0 Å². The molecule has 0 aromatic heterocycles. The minimum absolute atomic E-state index is 0.206. The third-order valence-electron chi connectivity index (χ3n) is 2.86. The lowest BCUT2D eigenvalue weighted by atomic mass is 9.93. The second-order valence-electron chi connectivity index (χ2n) is 4.60. The molecule has 2 aliphatic rings. The van der Waals surface area contributed by atoms with Gasteiger partial charge in [0.1, 0.15) is 6.54 Å². The highest BCUT2D eigenvalue weighted by Gasteiger charge is 2.36. The molecule has 0 saturated carbocycles. The van der Waals surface area contributed by atoms with Crippen LogP contribution in [0.2, 0.25) is 0 Å². The van der Waals surface area contributed by atoms with Gasteiger partial charge >= 0.3 is 10.2 Å². The van der Waals surface area contributed by atoms with Gasteiger partial charge in [0.05, 0.1) is 5.70 Å². The molecule has 8 heteroatoms. The molecule has 0 spiro atoms. The Balaban J connectivity index is 2.42. The average molecular weight is 365 g/mol. The number of amides is 1. The largest absolute Gasteiger partial charge is 0.326 e. The molecule has 2 rings (SSSR count). The van der Waals surface area contributed by atoms with Crippen molar-refractivity contribution in [1.29, 1.82) is 0 Å². The maximum absolute atomic E-state index is 11.8. The van der Waals surface area contributed by atoms with E-state index in [9.17, 15) is 13.2 Å². The molecule has 1 saturated heterocycles. The van der Waals surface area contributed by atoms with Gasteiger partial charge in [-0.3, -0.25) is 4.79 Å². The average Bonchev–Trinajstić information content (AvgIpc) is 2.48. The normalized spacial score (nSPS) is 29.6. The standard InChI is InChI=1S/C11H13BrN2O3S2/c1-11(7-18)4-2-3-9(8(12)5-11)14-6-10(15)13-19(14,16)17/h2-5,18H,6-7H2,1H3,(H,13,15). The molecule has 0 aromatic carbocycles. The molecule has 1 unspecified atom stereocenters. The number of rotatable bonds is 2. The maximum Gasteiger partial charge on any atom is 0.326 e. The Bertz CT molecular complexity index is 609. The Hall–Kier alpha value is -0.730. The van der Waals surface area contributed by atoms with Gasteiger partial charge in [0, 0.05) is 15.7 Å². The highest BCUT2D eigenvalue weighted by atomic mass is 79.9. The first-order valence-corrected chi connectivity index (χ1v) is 8.36. The summed E-state index contributed by atoms with van der Waals surface area (Å²) in [7, 11) is -3.79. The van der Waals surface area contributed by atoms with Gasteiger partial charge in [-0.15, -0.1) is 0 Å². The van der Waals surface area contributed by atoms with Crippen LogP contribution < -0.4 is 4.72 Å². The highest BCUT2D eigenvalue weighted by molar-refractivity contribution is 9.12. The molecule has 19 heavy (non-hydrogen) atoms. The van der Waals surface area contributed by atoms with Gasteiger partial charge in [-0.05, 0) is 22.0 Å². The maximum atomic E-state index is 11.8. The van der Waals surface area contributed by atoms with E-state index >= 15 is 0 Å². The molecule has 1 aliphatic carbocycles. The summed E-state index contributed by atoms with van der Waals surface area (Å²) in [5.74, 6) is 0.0512. The quantitative estimate of drug-likeness (QED) is 0.726. The van der Waals surface area contributed by atoms with E-state index in [1.54, 1.807) is 12.2 Å². The molecule has 0 aromatic rings. The van der Waals surface area contributed by atoms with Crippen LogP contribution >= 0.6 is 28.6 Å². The summed E-state index contributed by atoms with van der Waals surface area (Å²) in [6.07, 6.45) is 7.25. The zero-order valence-electron chi connectivity index (χ0n) is 10.1. The van der Waals surface area contributed by atoms with Gasteiger partial charge in [-0.1, -0.05) is 25.2 Å². The zero-order chi connectivity index (χ0) is 14.3. The Morgan fingerprint density at radius 2 is 2.26 bits per heavy atom. The molecule has 1 atom stereocenters. The predicted molar refractivity (Wildman–Crippen MR) is 80.0 cm³/mol. The van der Waals surface area contributed by atoms with E-state index in [0.29, 0.717) is 15.9 Å². The Morgan fingerprint density at radius 3 is 2.79 bits per heavy atom. The van der Waals surface area contributed by atoms with Gasteiger partial charge in [-0.25, -0.2) is 9.03 Å². The van der Waals surface area contributed by atoms with E-state index in [1.807, 2.05) is 23.8 Å². The summed E-state index contributed by atoms with van der Waals surface area (Å²) in [6.45, 7) is 1.78. The van der Waals surface area contributed by atoms with E-state index in [4.69, 9.17) is 0 Å². The number of carbonyl (C=O) groups is 1. The van der Waals surface area contributed by atoms with E-state index < -0.39 is 16.1 Å². The van der Waals surface area contributed by atoms with Crippen molar-refractivity contribution in [3.63, 3.8) is 0 Å². The lowest BCUT2D eigenvalue weighted by molar-refractivity contribution is -0.118. The number of carbonyl (C=O) groups excluding carboxylic acids is 1. The van der Waals surface area contributed by atoms with Crippen LogP contribution in [-0.2, 0) is 15.0 Å².